The number of hydrogen-bond acceptors (Lipinski definition) is 2. The van der Waals surface area contributed by atoms with Crippen LogP contribution in [0.5, 0.6) is 0 Å². The molecule has 1 aromatic heterocycles. The Morgan fingerprint density at radius 3 is 2.58 bits per heavy atom. The lowest BCUT2D eigenvalue weighted by Gasteiger charge is -2.28. The van der Waals surface area contributed by atoms with Crippen molar-refractivity contribution in [3.63, 3.8) is 0 Å². The van der Waals surface area contributed by atoms with Gasteiger partial charge in [-0.2, -0.15) is 5.10 Å². The fourth-order valence-corrected chi connectivity index (χ4v) is 3.11. The molecule has 0 saturated heterocycles. The van der Waals surface area contributed by atoms with Gasteiger partial charge in [-0.15, -0.1) is 0 Å². The Bertz CT molecular complexity index is 383. The normalized spacial score (nSPS) is 18.9. The molecule has 0 aromatic carbocycles. The molecule has 0 spiro atoms. The van der Waals surface area contributed by atoms with Crippen LogP contribution in [-0.4, -0.2) is 21.9 Å². The minimum atomic E-state index is 0.209. The van der Waals surface area contributed by atoms with E-state index in [1.165, 1.54) is 31.4 Å². The van der Waals surface area contributed by atoms with Crippen LogP contribution in [0.1, 0.15) is 52.1 Å². The van der Waals surface area contributed by atoms with Crippen molar-refractivity contribution < 1.29 is 0 Å². The maximum atomic E-state index is 4.56. The lowest BCUT2D eigenvalue weighted by Crippen LogP contribution is -2.41. The molecular formula is C16H29N3. The van der Waals surface area contributed by atoms with Gasteiger partial charge in [-0.05, 0) is 51.6 Å². The summed E-state index contributed by atoms with van der Waals surface area (Å²) >= 11 is 0. The standard InChI is InChI=1S/C16H29N3/c1-16(2,3)17-12-14(13-7-5-6-8-13)11-15-9-10-19(4)18-15/h9-10,13-14,17H,5-8,11-12H2,1-4H3. The number of rotatable bonds is 5. The van der Waals surface area contributed by atoms with E-state index in [1.807, 2.05) is 11.7 Å². The van der Waals surface area contributed by atoms with Crippen LogP contribution in [0, 0.1) is 11.8 Å². The predicted octanol–water partition coefficient (Wildman–Crippen LogP) is 3.16. The lowest BCUT2D eigenvalue weighted by atomic mass is 9.86. The molecule has 3 heteroatoms. The molecule has 0 bridgehead atoms. The lowest BCUT2D eigenvalue weighted by molar-refractivity contribution is 0.284. The molecule has 1 aromatic rings. The number of aromatic nitrogens is 2. The summed E-state index contributed by atoms with van der Waals surface area (Å²) in [6.45, 7) is 7.86. The van der Waals surface area contributed by atoms with Crippen LogP contribution in [0.25, 0.3) is 0 Å². The topological polar surface area (TPSA) is 29.9 Å². The number of aryl methyl sites for hydroxylation is 1. The van der Waals surface area contributed by atoms with Gasteiger partial charge in [0.05, 0.1) is 5.69 Å². The van der Waals surface area contributed by atoms with Crippen LogP contribution < -0.4 is 5.32 Å². The summed E-state index contributed by atoms with van der Waals surface area (Å²) in [5, 5.41) is 8.25. The van der Waals surface area contributed by atoms with Gasteiger partial charge in [0.2, 0.25) is 0 Å². The summed E-state index contributed by atoms with van der Waals surface area (Å²) in [5.74, 6) is 1.62. The molecule has 1 saturated carbocycles. The van der Waals surface area contributed by atoms with E-state index >= 15 is 0 Å². The third kappa shape index (κ3) is 4.64. The maximum absolute atomic E-state index is 4.56. The van der Waals surface area contributed by atoms with Crippen LogP contribution >= 0.6 is 0 Å². The highest BCUT2D eigenvalue weighted by Crippen LogP contribution is 2.33. The molecule has 1 aliphatic carbocycles. The van der Waals surface area contributed by atoms with Crippen LogP contribution in [0.2, 0.25) is 0 Å². The molecule has 3 nitrogen and oxygen atoms in total. The Kier molecular flexibility index (Phi) is 4.67. The third-order valence-corrected chi connectivity index (χ3v) is 4.20. The van der Waals surface area contributed by atoms with Crippen molar-refractivity contribution in [1.29, 1.82) is 0 Å². The zero-order chi connectivity index (χ0) is 13.9. The molecule has 0 radical (unpaired) electrons. The fraction of sp³-hybridized carbons (Fsp3) is 0.812. The van der Waals surface area contributed by atoms with Crippen molar-refractivity contribution in [1.82, 2.24) is 15.1 Å². The van der Waals surface area contributed by atoms with Crippen molar-refractivity contribution in [2.75, 3.05) is 6.54 Å². The summed E-state index contributed by atoms with van der Waals surface area (Å²) in [5.41, 5.74) is 1.45. The second kappa shape index (κ2) is 6.08. The Morgan fingerprint density at radius 2 is 2.05 bits per heavy atom. The highest BCUT2D eigenvalue weighted by molar-refractivity contribution is 5.01. The van der Waals surface area contributed by atoms with Gasteiger partial charge in [0.25, 0.3) is 0 Å². The van der Waals surface area contributed by atoms with Gasteiger partial charge >= 0.3 is 0 Å². The molecule has 1 atom stereocenters. The van der Waals surface area contributed by atoms with Gasteiger partial charge in [-0.1, -0.05) is 25.7 Å². The van der Waals surface area contributed by atoms with E-state index in [2.05, 4.69) is 43.4 Å². The van der Waals surface area contributed by atoms with Crippen molar-refractivity contribution in [3.8, 4) is 0 Å². The smallest absolute Gasteiger partial charge is 0.0627 e. The van der Waals surface area contributed by atoms with Crippen molar-refractivity contribution >= 4 is 0 Å². The van der Waals surface area contributed by atoms with E-state index in [-0.39, 0.29) is 5.54 Å². The van der Waals surface area contributed by atoms with Crippen LogP contribution in [0.15, 0.2) is 12.3 Å². The van der Waals surface area contributed by atoms with Crippen molar-refractivity contribution in [2.24, 2.45) is 18.9 Å². The van der Waals surface area contributed by atoms with Gasteiger partial charge in [0.15, 0.2) is 0 Å². The molecule has 0 aliphatic heterocycles. The summed E-state index contributed by atoms with van der Waals surface area (Å²) in [6.07, 6.45) is 8.82. The van der Waals surface area contributed by atoms with Crippen LogP contribution in [-0.2, 0) is 13.5 Å². The molecule has 1 N–H and O–H groups in total. The van der Waals surface area contributed by atoms with Crippen LogP contribution in [0.4, 0.5) is 0 Å². The molecule has 0 amide bonds. The Labute approximate surface area is 117 Å². The van der Waals surface area contributed by atoms with E-state index in [9.17, 15) is 0 Å². The van der Waals surface area contributed by atoms with E-state index in [4.69, 9.17) is 0 Å². The third-order valence-electron chi connectivity index (χ3n) is 4.20. The summed E-state index contributed by atoms with van der Waals surface area (Å²) in [7, 11) is 2.00. The summed E-state index contributed by atoms with van der Waals surface area (Å²) < 4.78 is 1.91. The average Bonchev–Trinajstić information content (AvgIpc) is 2.94. The van der Waals surface area contributed by atoms with E-state index < -0.39 is 0 Å². The SMILES string of the molecule is Cn1ccc(CC(CNC(C)(C)C)C2CCCC2)n1. The Balaban J connectivity index is 1.97. The number of hydrogen-bond donors (Lipinski definition) is 1. The molecule has 1 heterocycles. The maximum Gasteiger partial charge on any atom is 0.0627 e. The van der Waals surface area contributed by atoms with Gasteiger partial charge in [0.1, 0.15) is 0 Å². The van der Waals surface area contributed by atoms with Crippen molar-refractivity contribution in [3.05, 3.63) is 18.0 Å². The van der Waals surface area contributed by atoms with Gasteiger partial charge in [-0.25, -0.2) is 0 Å². The summed E-state index contributed by atoms with van der Waals surface area (Å²) in [4.78, 5) is 0. The van der Waals surface area contributed by atoms with Gasteiger partial charge < -0.3 is 5.32 Å². The zero-order valence-corrected chi connectivity index (χ0v) is 12.9. The molecule has 1 fully saturated rings. The monoisotopic (exact) mass is 263 g/mol. The van der Waals surface area contributed by atoms with Gasteiger partial charge in [0, 0.05) is 18.8 Å². The minimum Gasteiger partial charge on any atom is -0.312 e. The molecular weight excluding hydrogens is 234 g/mol. The second-order valence-corrected chi connectivity index (χ2v) is 7.12. The summed E-state index contributed by atoms with van der Waals surface area (Å²) in [6, 6.07) is 2.17. The molecule has 19 heavy (non-hydrogen) atoms. The predicted molar refractivity (Wildman–Crippen MR) is 80.1 cm³/mol. The molecule has 1 aliphatic rings. The highest BCUT2D eigenvalue weighted by atomic mass is 15.2. The van der Waals surface area contributed by atoms with Gasteiger partial charge in [-0.3, -0.25) is 4.68 Å². The molecule has 2 rings (SSSR count). The van der Waals surface area contributed by atoms with Crippen LogP contribution in [0.3, 0.4) is 0 Å². The van der Waals surface area contributed by atoms with E-state index in [1.54, 1.807) is 0 Å². The largest absolute Gasteiger partial charge is 0.312 e. The first-order valence-corrected chi connectivity index (χ1v) is 7.67. The number of nitrogens with one attached hydrogen (secondary N) is 1. The highest BCUT2D eigenvalue weighted by Gasteiger charge is 2.26. The first kappa shape index (κ1) is 14.6. The van der Waals surface area contributed by atoms with Crippen molar-refractivity contribution in [2.45, 2.75) is 58.4 Å². The second-order valence-electron chi connectivity index (χ2n) is 7.12. The first-order chi connectivity index (χ1) is 8.94. The first-order valence-electron chi connectivity index (χ1n) is 7.67. The minimum absolute atomic E-state index is 0.209. The fourth-order valence-electron chi connectivity index (χ4n) is 3.11. The molecule has 1 unspecified atom stereocenters. The average molecular weight is 263 g/mol. The Hall–Kier alpha value is -0.830. The number of nitrogens with zero attached hydrogens (tertiary/aromatic N) is 2. The zero-order valence-electron chi connectivity index (χ0n) is 12.9. The Morgan fingerprint density at radius 1 is 1.37 bits per heavy atom. The molecule has 108 valence electrons. The van der Waals surface area contributed by atoms with E-state index in [0.717, 1.165) is 24.8 Å². The van der Waals surface area contributed by atoms with E-state index in [0.29, 0.717) is 0 Å². The quantitative estimate of drug-likeness (QED) is 0.884.